The van der Waals surface area contributed by atoms with Gasteiger partial charge in [-0.25, -0.2) is 0 Å². The zero-order valence-electron chi connectivity index (χ0n) is 8.47. The number of benzene rings is 1. The molecule has 2 aromatic rings. The second kappa shape index (κ2) is 4.78. The van der Waals surface area contributed by atoms with Crippen LogP contribution >= 0.6 is 11.6 Å². The van der Waals surface area contributed by atoms with Gasteiger partial charge in [-0.2, -0.15) is 5.26 Å². The second-order valence-electron chi connectivity index (χ2n) is 3.37. The van der Waals surface area contributed by atoms with E-state index in [0.29, 0.717) is 5.02 Å². The Kier molecular flexibility index (Phi) is 3.19. The SMILES string of the molecule is N#C[C@H](c1ccc(Cl)cc1)c1ccccn1. The second-order valence-corrected chi connectivity index (χ2v) is 3.80. The Morgan fingerprint density at radius 3 is 2.44 bits per heavy atom. The predicted molar refractivity (Wildman–Crippen MR) is 63.1 cm³/mol. The maximum atomic E-state index is 9.18. The average Bonchev–Trinajstić information content (AvgIpc) is 2.34. The average molecular weight is 229 g/mol. The van der Waals surface area contributed by atoms with Gasteiger partial charge in [-0.15, -0.1) is 0 Å². The van der Waals surface area contributed by atoms with E-state index in [2.05, 4.69) is 11.1 Å². The van der Waals surface area contributed by atoms with E-state index in [9.17, 15) is 5.26 Å². The fourth-order valence-corrected chi connectivity index (χ4v) is 1.64. The van der Waals surface area contributed by atoms with Crippen LogP contribution in [0.4, 0.5) is 0 Å². The maximum absolute atomic E-state index is 9.18. The molecule has 0 bridgehead atoms. The lowest BCUT2D eigenvalue weighted by molar-refractivity contribution is 0.966. The van der Waals surface area contributed by atoms with Gasteiger partial charge in [-0.3, -0.25) is 4.98 Å². The van der Waals surface area contributed by atoms with Gasteiger partial charge >= 0.3 is 0 Å². The number of nitriles is 1. The number of hydrogen-bond acceptors (Lipinski definition) is 2. The van der Waals surface area contributed by atoms with Gasteiger partial charge in [0.25, 0.3) is 0 Å². The molecule has 1 aromatic carbocycles. The van der Waals surface area contributed by atoms with Crippen LogP contribution in [0.25, 0.3) is 0 Å². The lowest BCUT2D eigenvalue weighted by atomic mass is 9.97. The van der Waals surface area contributed by atoms with E-state index in [1.54, 1.807) is 18.3 Å². The Labute approximate surface area is 99.1 Å². The molecule has 0 fully saturated rings. The molecule has 0 aliphatic rings. The molecule has 3 heteroatoms. The number of hydrogen-bond donors (Lipinski definition) is 0. The Balaban J connectivity index is 2.38. The zero-order chi connectivity index (χ0) is 11.4. The third-order valence-electron chi connectivity index (χ3n) is 2.32. The molecule has 0 saturated heterocycles. The van der Waals surface area contributed by atoms with Gasteiger partial charge in [0, 0.05) is 11.2 Å². The Morgan fingerprint density at radius 2 is 1.88 bits per heavy atom. The van der Waals surface area contributed by atoms with Crippen molar-refractivity contribution in [3.63, 3.8) is 0 Å². The zero-order valence-corrected chi connectivity index (χ0v) is 9.22. The van der Waals surface area contributed by atoms with E-state index in [4.69, 9.17) is 11.6 Å². The van der Waals surface area contributed by atoms with Crippen LogP contribution < -0.4 is 0 Å². The lowest BCUT2D eigenvalue weighted by Crippen LogP contribution is -2.00. The third kappa shape index (κ3) is 2.21. The molecular weight excluding hydrogens is 220 g/mol. The summed E-state index contributed by atoms with van der Waals surface area (Å²) < 4.78 is 0. The van der Waals surface area contributed by atoms with Crippen LogP contribution in [0.2, 0.25) is 5.02 Å². The molecule has 0 N–H and O–H groups in total. The molecule has 2 nitrogen and oxygen atoms in total. The first-order valence-corrected chi connectivity index (χ1v) is 5.25. The van der Waals surface area contributed by atoms with Crippen LogP contribution in [0.5, 0.6) is 0 Å². The molecule has 0 radical (unpaired) electrons. The van der Waals surface area contributed by atoms with Crippen molar-refractivity contribution in [3.8, 4) is 6.07 Å². The Bertz CT molecular complexity index is 500. The van der Waals surface area contributed by atoms with Crippen molar-refractivity contribution in [1.82, 2.24) is 4.98 Å². The first kappa shape index (κ1) is 10.7. The standard InChI is InChI=1S/C13H9ClN2/c14-11-6-4-10(5-7-11)12(9-15)13-3-1-2-8-16-13/h1-8,12H/t12-/m1/s1. The maximum Gasteiger partial charge on any atom is 0.113 e. The fraction of sp³-hybridized carbons (Fsp3) is 0.0769. The highest BCUT2D eigenvalue weighted by Gasteiger charge is 2.13. The van der Waals surface area contributed by atoms with Crippen LogP contribution in [0.3, 0.4) is 0 Å². The van der Waals surface area contributed by atoms with Gasteiger partial charge in [-0.1, -0.05) is 29.8 Å². The van der Waals surface area contributed by atoms with Crippen LogP contribution in [0.1, 0.15) is 17.2 Å². The summed E-state index contributed by atoms with van der Waals surface area (Å²) in [6, 6.07) is 15.1. The quantitative estimate of drug-likeness (QED) is 0.790. The number of nitrogens with zero attached hydrogens (tertiary/aromatic N) is 2. The predicted octanol–water partition coefficient (Wildman–Crippen LogP) is 3.39. The van der Waals surface area contributed by atoms with Gasteiger partial charge in [0.05, 0.1) is 11.8 Å². The summed E-state index contributed by atoms with van der Waals surface area (Å²) in [6.45, 7) is 0. The fourth-order valence-electron chi connectivity index (χ4n) is 1.51. The number of halogens is 1. The van der Waals surface area contributed by atoms with Crippen molar-refractivity contribution in [2.45, 2.75) is 5.92 Å². The molecule has 0 amide bonds. The van der Waals surface area contributed by atoms with E-state index in [-0.39, 0.29) is 5.92 Å². The Hall–Kier alpha value is -1.85. The summed E-state index contributed by atoms with van der Waals surface area (Å²) in [5.74, 6) is -0.335. The van der Waals surface area contributed by atoms with Gasteiger partial charge in [-0.05, 0) is 29.8 Å². The van der Waals surface area contributed by atoms with Crippen LogP contribution in [0.15, 0.2) is 48.7 Å². The van der Waals surface area contributed by atoms with Crippen LogP contribution in [0, 0.1) is 11.3 Å². The molecule has 0 aliphatic heterocycles. The van der Waals surface area contributed by atoms with Gasteiger partial charge in [0.1, 0.15) is 5.92 Å². The highest BCUT2D eigenvalue weighted by molar-refractivity contribution is 6.30. The summed E-state index contributed by atoms with van der Waals surface area (Å²) in [4.78, 5) is 4.19. The summed E-state index contributed by atoms with van der Waals surface area (Å²) in [5, 5.41) is 9.85. The first-order chi connectivity index (χ1) is 7.81. The molecule has 0 spiro atoms. The number of rotatable bonds is 2. The van der Waals surface area contributed by atoms with Crippen molar-refractivity contribution in [2.24, 2.45) is 0 Å². The minimum absolute atomic E-state index is 0.335. The molecule has 1 aromatic heterocycles. The number of aromatic nitrogens is 1. The normalized spacial score (nSPS) is 11.8. The van der Waals surface area contributed by atoms with E-state index < -0.39 is 0 Å². The molecule has 2 rings (SSSR count). The molecule has 1 atom stereocenters. The Morgan fingerprint density at radius 1 is 1.12 bits per heavy atom. The first-order valence-electron chi connectivity index (χ1n) is 4.87. The molecular formula is C13H9ClN2. The summed E-state index contributed by atoms with van der Waals surface area (Å²) in [6.07, 6.45) is 1.69. The van der Waals surface area contributed by atoms with Gasteiger partial charge < -0.3 is 0 Å². The third-order valence-corrected chi connectivity index (χ3v) is 2.57. The molecule has 0 saturated carbocycles. The van der Waals surface area contributed by atoms with Crippen molar-refractivity contribution in [1.29, 1.82) is 5.26 Å². The van der Waals surface area contributed by atoms with Crippen LogP contribution in [-0.4, -0.2) is 4.98 Å². The molecule has 0 unspecified atom stereocenters. The molecule has 0 aliphatic carbocycles. The van der Waals surface area contributed by atoms with Crippen molar-refractivity contribution in [3.05, 3.63) is 64.9 Å². The topological polar surface area (TPSA) is 36.7 Å². The minimum atomic E-state index is -0.335. The van der Waals surface area contributed by atoms with Crippen molar-refractivity contribution >= 4 is 11.6 Å². The van der Waals surface area contributed by atoms with E-state index in [0.717, 1.165) is 11.3 Å². The number of pyridine rings is 1. The summed E-state index contributed by atoms with van der Waals surface area (Å²) >= 11 is 5.81. The summed E-state index contributed by atoms with van der Waals surface area (Å²) in [7, 11) is 0. The highest BCUT2D eigenvalue weighted by Crippen LogP contribution is 2.23. The van der Waals surface area contributed by atoms with Crippen molar-refractivity contribution < 1.29 is 0 Å². The molecule has 16 heavy (non-hydrogen) atoms. The smallest absolute Gasteiger partial charge is 0.113 e. The van der Waals surface area contributed by atoms with E-state index in [1.165, 1.54) is 0 Å². The monoisotopic (exact) mass is 228 g/mol. The van der Waals surface area contributed by atoms with Gasteiger partial charge in [0.2, 0.25) is 0 Å². The van der Waals surface area contributed by atoms with E-state index in [1.807, 2.05) is 30.3 Å². The van der Waals surface area contributed by atoms with Crippen LogP contribution in [-0.2, 0) is 0 Å². The highest BCUT2D eigenvalue weighted by atomic mass is 35.5. The molecule has 78 valence electrons. The summed E-state index contributed by atoms with van der Waals surface area (Å²) in [5.41, 5.74) is 1.66. The minimum Gasteiger partial charge on any atom is -0.260 e. The van der Waals surface area contributed by atoms with Gasteiger partial charge in [0.15, 0.2) is 0 Å². The lowest BCUT2D eigenvalue weighted by Gasteiger charge is -2.08. The largest absolute Gasteiger partial charge is 0.260 e. The molecule has 1 heterocycles. The van der Waals surface area contributed by atoms with Crippen molar-refractivity contribution in [2.75, 3.05) is 0 Å². The van der Waals surface area contributed by atoms with E-state index >= 15 is 0 Å².